The van der Waals surface area contributed by atoms with Crippen molar-refractivity contribution >= 4 is 27.5 Å². The molecule has 1 aliphatic rings. The lowest BCUT2D eigenvalue weighted by atomic mass is 10.3. The zero-order chi connectivity index (χ0) is 19.9. The Morgan fingerprint density at radius 2 is 2.07 bits per heavy atom. The minimum atomic E-state index is -3.88. The fourth-order valence-electron chi connectivity index (χ4n) is 2.59. The second kappa shape index (κ2) is 10.2. The Kier molecular flexibility index (Phi) is 8.30. The fraction of sp³-hybridized carbons (Fsp3) is 0.588. The second-order valence-corrected chi connectivity index (χ2v) is 8.23. The summed E-state index contributed by atoms with van der Waals surface area (Å²) in [4.78, 5) is 14.3. The lowest BCUT2D eigenvalue weighted by Gasteiger charge is -2.26. The summed E-state index contributed by atoms with van der Waals surface area (Å²) in [7, 11) is -3.88. The molecule has 1 saturated heterocycles. The van der Waals surface area contributed by atoms with Crippen molar-refractivity contribution < 1.29 is 22.7 Å². The van der Waals surface area contributed by atoms with Crippen LogP contribution < -0.4 is 14.8 Å². The van der Waals surface area contributed by atoms with Gasteiger partial charge in [0.25, 0.3) is 0 Å². The van der Waals surface area contributed by atoms with E-state index in [1.54, 1.807) is 0 Å². The number of hydrogen-bond acceptors (Lipinski definition) is 6. The molecule has 0 aliphatic carbocycles. The highest BCUT2D eigenvalue weighted by Gasteiger charge is 2.23. The molecular formula is C17H26ClN3O5S. The Morgan fingerprint density at radius 1 is 1.37 bits per heavy atom. The maximum absolute atomic E-state index is 12.5. The van der Waals surface area contributed by atoms with Crippen LogP contribution in [0.3, 0.4) is 0 Å². The lowest BCUT2D eigenvalue weighted by molar-refractivity contribution is -0.122. The first-order chi connectivity index (χ1) is 12.8. The van der Waals surface area contributed by atoms with Crippen LogP contribution in [0.25, 0.3) is 0 Å². The number of benzene rings is 1. The average Bonchev–Trinajstić information content (AvgIpc) is 2.64. The lowest BCUT2D eigenvalue weighted by Crippen LogP contribution is -2.47. The number of amides is 1. The van der Waals surface area contributed by atoms with Crippen LogP contribution in [0.4, 0.5) is 0 Å². The Labute approximate surface area is 165 Å². The molecule has 1 atom stereocenters. The minimum absolute atomic E-state index is 0.0241. The summed E-state index contributed by atoms with van der Waals surface area (Å²) < 4.78 is 37.9. The summed E-state index contributed by atoms with van der Waals surface area (Å²) in [6.07, 6.45) is 0. The Balaban J connectivity index is 1.87. The summed E-state index contributed by atoms with van der Waals surface area (Å²) in [5.41, 5.74) is 0. The molecular weight excluding hydrogens is 394 g/mol. The number of carbonyl (C=O) groups is 1. The number of hydrogen-bond donors (Lipinski definition) is 2. The van der Waals surface area contributed by atoms with Gasteiger partial charge < -0.3 is 14.8 Å². The topological polar surface area (TPSA) is 97.0 Å². The van der Waals surface area contributed by atoms with Crippen molar-refractivity contribution in [1.82, 2.24) is 14.9 Å². The second-order valence-electron chi connectivity index (χ2n) is 6.11. The van der Waals surface area contributed by atoms with Gasteiger partial charge in [0.2, 0.25) is 15.9 Å². The zero-order valence-corrected chi connectivity index (χ0v) is 17.1. The molecule has 2 N–H and O–H groups in total. The van der Waals surface area contributed by atoms with Crippen LogP contribution >= 0.6 is 11.6 Å². The molecule has 0 unspecified atom stereocenters. The van der Waals surface area contributed by atoms with E-state index in [1.165, 1.54) is 25.1 Å². The molecule has 1 fully saturated rings. The average molecular weight is 420 g/mol. The van der Waals surface area contributed by atoms with Crippen LogP contribution in [0.2, 0.25) is 5.02 Å². The monoisotopic (exact) mass is 419 g/mol. The van der Waals surface area contributed by atoms with Crippen molar-refractivity contribution in [2.75, 3.05) is 46.0 Å². The highest BCUT2D eigenvalue weighted by atomic mass is 35.5. The summed E-state index contributed by atoms with van der Waals surface area (Å²) in [6, 6.07) is 3.28. The first-order valence-corrected chi connectivity index (χ1v) is 10.7. The van der Waals surface area contributed by atoms with Crippen molar-refractivity contribution in [2.24, 2.45) is 0 Å². The third-order valence-corrected chi connectivity index (χ3v) is 5.90. The molecule has 8 nitrogen and oxygen atoms in total. The van der Waals surface area contributed by atoms with Gasteiger partial charge in [-0.3, -0.25) is 9.69 Å². The molecule has 0 spiro atoms. The minimum Gasteiger partial charge on any atom is -0.492 e. The van der Waals surface area contributed by atoms with Gasteiger partial charge in [-0.15, -0.1) is 0 Å². The van der Waals surface area contributed by atoms with Gasteiger partial charge in [-0.25, -0.2) is 8.42 Å². The highest BCUT2D eigenvalue weighted by Crippen LogP contribution is 2.27. The Morgan fingerprint density at radius 3 is 2.70 bits per heavy atom. The van der Waals surface area contributed by atoms with Gasteiger partial charge in [-0.05, 0) is 32.0 Å². The highest BCUT2D eigenvalue weighted by molar-refractivity contribution is 7.89. The summed E-state index contributed by atoms with van der Waals surface area (Å²) in [5.74, 6) is 0.0240. The van der Waals surface area contributed by atoms with E-state index >= 15 is 0 Å². The molecule has 27 heavy (non-hydrogen) atoms. The molecule has 152 valence electrons. The third-order valence-electron chi connectivity index (χ3n) is 4.07. The van der Waals surface area contributed by atoms with Gasteiger partial charge in [0, 0.05) is 26.2 Å². The van der Waals surface area contributed by atoms with Crippen LogP contribution in [0.5, 0.6) is 5.75 Å². The zero-order valence-electron chi connectivity index (χ0n) is 15.5. The maximum atomic E-state index is 12.5. The largest absolute Gasteiger partial charge is 0.492 e. The predicted octanol–water partition coefficient (Wildman–Crippen LogP) is 0.854. The number of carbonyl (C=O) groups excluding carboxylic acids is 1. The molecule has 1 aliphatic heterocycles. The number of sulfonamides is 1. The van der Waals surface area contributed by atoms with Crippen LogP contribution in [-0.2, 0) is 19.6 Å². The smallest absolute Gasteiger partial charge is 0.241 e. The van der Waals surface area contributed by atoms with Crippen LogP contribution in [0, 0.1) is 0 Å². The SMILES string of the molecule is CCOc1ccc(S(=O)(=O)N[C@@H](C)C(=O)NCCN2CCOCC2)cc1Cl. The van der Waals surface area contributed by atoms with E-state index in [9.17, 15) is 13.2 Å². The fourth-order valence-corrected chi connectivity index (χ4v) is 4.12. The van der Waals surface area contributed by atoms with E-state index in [2.05, 4.69) is 14.9 Å². The van der Waals surface area contributed by atoms with E-state index in [4.69, 9.17) is 21.1 Å². The molecule has 0 bridgehead atoms. The molecule has 1 heterocycles. The summed E-state index contributed by atoms with van der Waals surface area (Å²) in [6.45, 7) is 7.91. The van der Waals surface area contributed by atoms with E-state index in [0.29, 0.717) is 38.7 Å². The molecule has 1 amide bonds. The molecule has 2 rings (SSSR count). The summed E-state index contributed by atoms with van der Waals surface area (Å²) in [5, 5.41) is 2.94. The molecule has 0 saturated carbocycles. The van der Waals surface area contributed by atoms with Gasteiger partial charge in [0.15, 0.2) is 0 Å². The molecule has 1 aromatic rings. The molecule has 10 heteroatoms. The normalized spacial score (nSPS) is 16.7. The Hall–Kier alpha value is -1.39. The van der Waals surface area contributed by atoms with Gasteiger partial charge in [0.1, 0.15) is 5.75 Å². The van der Waals surface area contributed by atoms with Crippen LogP contribution in [0.15, 0.2) is 23.1 Å². The van der Waals surface area contributed by atoms with Crippen molar-refractivity contribution in [1.29, 1.82) is 0 Å². The Bertz CT molecular complexity index is 738. The van der Waals surface area contributed by atoms with Gasteiger partial charge in [-0.1, -0.05) is 11.6 Å². The third kappa shape index (κ3) is 6.62. The van der Waals surface area contributed by atoms with Crippen molar-refractivity contribution in [3.05, 3.63) is 23.2 Å². The number of nitrogens with zero attached hydrogens (tertiary/aromatic N) is 1. The molecule has 0 aromatic heterocycles. The van der Waals surface area contributed by atoms with E-state index < -0.39 is 16.1 Å². The van der Waals surface area contributed by atoms with Crippen LogP contribution in [-0.4, -0.2) is 71.3 Å². The maximum Gasteiger partial charge on any atom is 0.241 e. The molecule has 0 radical (unpaired) electrons. The number of nitrogens with one attached hydrogen (secondary N) is 2. The quantitative estimate of drug-likeness (QED) is 0.616. The number of rotatable bonds is 9. The number of morpholine rings is 1. The predicted molar refractivity (Wildman–Crippen MR) is 103 cm³/mol. The van der Waals surface area contributed by atoms with Crippen molar-refractivity contribution in [2.45, 2.75) is 24.8 Å². The van der Waals surface area contributed by atoms with Crippen molar-refractivity contribution in [3.8, 4) is 5.75 Å². The molecule has 1 aromatic carbocycles. The van der Waals surface area contributed by atoms with Gasteiger partial charge in [0.05, 0.1) is 35.8 Å². The van der Waals surface area contributed by atoms with Gasteiger partial charge >= 0.3 is 0 Å². The van der Waals surface area contributed by atoms with E-state index in [-0.39, 0.29) is 15.8 Å². The number of halogens is 1. The van der Waals surface area contributed by atoms with Crippen LogP contribution in [0.1, 0.15) is 13.8 Å². The van der Waals surface area contributed by atoms with E-state index in [1.807, 2.05) is 6.92 Å². The standard InChI is InChI=1S/C17H26ClN3O5S/c1-3-26-16-5-4-14(12-15(16)18)27(23,24)20-13(2)17(22)19-6-7-21-8-10-25-11-9-21/h4-5,12-13,20H,3,6-11H2,1-2H3,(H,19,22)/t13-/m0/s1. The van der Waals surface area contributed by atoms with Gasteiger partial charge in [-0.2, -0.15) is 4.72 Å². The summed E-state index contributed by atoms with van der Waals surface area (Å²) >= 11 is 6.05. The number of ether oxygens (including phenoxy) is 2. The van der Waals surface area contributed by atoms with E-state index in [0.717, 1.165) is 13.1 Å². The first-order valence-electron chi connectivity index (χ1n) is 8.86. The first kappa shape index (κ1) is 21.9. The van der Waals surface area contributed by atoms with Crippen molar-refractivity contribution in [3.63, 3.8) is 0 Å².